The number of aromatic nitrogens is 1. The molecule has 0 atom stereocenters. The Labute approximate surface area is 161 Å². The number of nitriles is 1. The van der Waals surface area contributed by atoms with E-state index in [9.17, 15) is 10.1 Å². The van der Waals surface area contributed by atoms with Gasteiger partial charge in [0, 0.05) is 24.7 Å². The van der Waals surface area contributed by atoms with Crippen LogP contribution in [0.5, 0.6) is 0 Å². The average molecular weight is 380 g/mol. The molecule has 0 saturated carbocycles. The van der Waals surface area contributed by atoms with Crippen molar-refractivity contribution in [3.05, 3.63) is 52.6 Å². The molecule has 0 unspecified atom stereocenters. The molecule has 0 amide bonds. The van der Waals surface area contributed by atoms with Gasteiger partial charge >= 0.3 is 0 Å². The molecule has 0 aliphatic rings. The van der Waals surface area contributed by atoms with E-state index >= 15 is 0 Å². The monoisotopic (exact) mass is 380 g/mol. The summed E-state index contributed by atoms with van der Waals surface area (Å²) < 4.78 is 5.26. The zero-order valence-electron chi connectivity index (χ0n) is 15.2. The summed E-state index contributed by atoms with van der Waals surface area (Å²) in [5.41, 5.74) is 8.13. The van der Waals surface area contributed by atoms with Crippen LogP contribution in [0.3, 0.4) is 0 Å². The minimum absolute atomic E-state index is 0.108. The highest BCUT2D eigenvalue weighted by molar-refractivity contribution is 7.19. The van der Waals surface area contributed by atoms with Gasteiger partial charge in [-0.15, -0.1) is 11.3 Å². The molecule has 0 fully saturated rings. The number of nitrogens with zero attached hydrogens (tertiary/aromatic N) is 3. The lowest BCUT2D eigenvalue weighted by Gasteiger charge is -2.20. The Balaban J connectivity index is 1.97. The van der Waals surface area contributed by atoms with E-state index in [1.54, 1.807) is 6.07 Å². The predicted octanol–water partition coefficient (Wildman–Crippen LogP) is 4.32. The van der Waals surface area contributed by atoms with E-state index < -0.39 is 0 Å². The zero-order valence-corrected chi connectivity index (χ0v) is 16.0. The number of ketones is 1. The van der Waals surface area contributed by atoms with Gasteiger partial charge < -0.3 is 15.2 Å². The van der Waals surface area contributed by atoms with Crippen molar-refractivity contribution in [2.24, 2.45) is 0 Å². The molecule has 3 aromatic rings. The van der Waals surface area contributed by atoms with Crippen molar-refractivity contribution in [1.82, 2.24) is 5.16 Å². The Morgan fingerprint density at radius 1 is 1.33 bits per heavy atom. The smallest absolute Gasteiger partial charge is 0.243 e. The molecule has 7 heteroatoms. The van der Waals surface area contributed by atoms with E-state index in [1.165, 1.54) is 11.3 Å². The van der Waals surface area contributed by atoms with Gasteiger partial charge in [0.15, 0.2) is 0 Å². The number of hydrogen-bond acceptors (Lipinski definition) is 7. The van der Waals surface area contributed by atoms with E-state index in [0.717, 1.165) is 30.1 Å². The number of nitrogens with two attached hydrogens (primary N) is 1. The third-order valence-electron chi connectivity index (χ3n) is 4.21. The van der Waals surface area contributed by atoms with Crippen molar-refractivity contribution in [3.63, 3.8) is 0 Å². The van der Waals surface area contributed by atoms with Crippen molar-refractivity contribution in [2.75, 3.05) is 23.7 Å². The van der Waals surface area contributed by atoms with Gasteiger partial charge in [0.25, 0.3) is 0 Å². The van der Waals surface area contributed by atoms with Crippen molar-refractivity contribution in [1.29, 1.82) is 5.26 Å². The molecule has 0 saturated heterocycles. The van der Waals surface area contributed by atoms with Gasteiger partial charge in [-0.2, -0.15) is 5.26 Å². The maximum atomic E-state index is 12.9. The van der Waals surface area contributed by atoms with Gasteiger partial charge in [-0.3, -0.25) is 4.79 Å². The number of hydrogen-bond donors (Lipinski definition) is 1. The lowest BCUT2D eigenvalue weighted by Crippen LogP contribution is -2.23. The molecule has 27 heavy (non-hydrogen) atoms. The van der Waals surface area contributed by atoms with Crippen molar-refractivity contribution < 1.29 is 9.32 Å². The maximum absolute atomic E-state index is 12.9. The van der Waals surface area contributed by atoms with Gasteiger partial charge in [0.1, 0.15) is 27.2 Å². The van der Waals surface area contributed by atoms with Crippen LogP contribution in [0.25, 0.3) is 11.3 Å². The Bertz CT molecular complexity index is 985. The van der Waals surface area contributed by atoms with Gasteiger partial charge in [-0.1, -0.05) is 42.4 Å². The van der Waals surface area contributed by atoms with Gasteiger partial charge in [-0.05, 0) is 13.3 Å². The minimum Gasteiger partial charge on any atom is -0.396 e. The predicted molar refractivity (Wildman–Crippen MR) is 107 cm³/mol. The number of rotatable bonds is 7. The largest absolute Gasteiger partial charge is 0.396 e. The van der Waals surface area contributed by atoms with E-state index in [0.29, 0.717) is 16.1 Å². The molecule has 2 heterocycles. The standard InChI is InChI=1S/C20H20N4O2S/c1-3-10-24(4-2)20-14(12-21)17(22)19(27-20)18(25)16-11-15(23-26-16)13-8-6-5-7-9-13/h5-9,11H,3-4,10,22H2,1-2H3. The van der Waals surface area contributed by atoms with Crippen LogP contribution < -0.4 is 10.6 Å². The Hall–Kier alpha value is -3.11. The molecule has 138 valence electrons. The molecule has 0 aliphatic heterocycles. The molecule has 6 nitrogen and oxygen atoms in total. The number of thiophene rings is 1. The molecular formula is C20H20N4O2S. The van der Waals surface area contributed by atoms with Crippen LogP contribution in [0.2, 0.25) is 0 Å². The summed E-state index contributed by atoms with van der Waals surface area (Å²) in [5, 5.41) is 14.2. The quantitative estimate of drug-likeness (QED) is 0.613. The first-order chi connectivity index (χ1) is 13.1. The van der Waals surface area contributed by atoms with Crippen LogP contribution in [0.4, 0.5) is 10.7 Å². The maximum Gasteiger partial charge on any atom is 0.243 e. The van der Waals surface area contributed by atoms with E-state index in [-0.39, 0.29) is 17.2 Å². The van der Waals surface area contributed by atoms with Crippen LogP contribution in [-0.2, 0) is 0 Å². The normalized spacial score (nSPS) is 10.6. The summed E-state index contributed by atoms with van der Waals surface area (Å²) in [6.45, 7) is 5.60. The second-order valence-corrected chi connectivity index (χ2v) is 6.99. The van der Waals surface area contributed by atoms with Crippen LogP contribution in [0.1, 0.15) is 41.3 Å². The highest BCUT2D eigenvalue weighted by Crippen LogP contribution is 2.39. The second kappa shape index (κ2) is 8.06. The first-order valence-electron chi connectivity index (χ1n) is 8.74. The minimum atomic E-state index is -0.359. The lowest BCUT2D eigenvalue weighted by atomic mass is 10.1. The van der Waals surface area contributed by atoms with Crippen LogP contribution >= 0.6 is 11.3 Å². The second-order valence-electron chi connectivity index (χ2n) is 5.99. The molecule has 3 rings (SSSR count). The van der Waals surface area contributed by atoms with Gasteiger partial charge in [-0.25, -0.2) is 0 Å². The fourth-order valence-electron chi connectivity index (χ4n) is 2.84. The number of anilines is 2. The Morgan fingerprint density at radius 2 is 2.07 bits per heavy atom. The zero-order chi connectivity index (χ0) is 19.4. The third-order valence-corrected chi connectivity index (χ3v) is 5.48. The van der Waals surface area contributed by atoms with Crippen molar-refractivity contribution >= 4 is 27.8 Å². The molecule has 2 aromatic heterocycles. The topological polar surface area (TPSA) is 96.2 Å². The summed E-state index contributed by atoms with van der Waals surface area (Å²) >= 11 is 1.23. The summed E-state index contributed by atoms with van der Waals surface area (Å²) in [6.07, 6.45) is 0.933. The lowest BCUT2D eigenvalue weighted by molar-refractivity contribution is 0.100. The summed E-state index contributed by atoms with van der Waals surface area (Å²) in [7, 11) is 0. The number of carbonyl (C=O) groups excluding carboxylic acids is 1. The Kier molecular flexibility index (Phi) is 5.57. The molecule has 0 spiro atoms. The number of carbonyl (C=O) groups is 1. The molecule has 1 aromatic carbocycles. The number of nitrogen functional groups attached to an aromatic ring is 1. The highest BCUT2D eigenvalue weighted by Gasteiger charge is 2.27. The van der Waals surface area contributed by atoms with E-state index in [1.807, 2.05) is 37.3 Å². The van der Waals surface area contributed by atoms with Gasteiger partial charge in [0.05, 0.1) is 5.69 Å². The molecule has 2 N–H and O–H groups in total. The number of benzene rings is 1. The fraction of sp³-hybridized carbons (Fsp3) is 0.250. The average Bonchev–Trinajstić information content (AvgIpc) is 3.31. The summed E-state index contributed by atoms with van der Waals surface area (Å²) in [6, 6.07) is 13.2. The third kappa shape index (κ3) is 3.57. The van der Waals surface area contributed by atoms with Gasteiger partial charge in [0.2, 0.25) is 11.5 Å². The van der Waals surface area contributed by atoms with E-state index in [2.05, 4.69) is 23.0 Å². The molecule has 0 bridgehead atoms. The molecular weight excluding hydrogens is 360 g/mol. The summed E-state index contributed by atoms with van der Waals surface area (Å²) in [4.78, 5) is 15.3. The van der Waals surface area contributed by atoms with Crippen LogP contribution in [-0.4, -0.2) is 24.0 Å². The highest BCUT2D eigenvalue weighted by atomic mass is 32.1. The van der Waals surface area contributed by atoms with Crippen LogP contribution in [0, 0.1) is 11.3 Å². The van der Waals surface area contributed by atoms with Crippen LogP contribution in [0.15, 0.2) is 40.9 Å². The van der Waals surface area contributed by atoms with Crippen molar-refractivity contribution in [3.8, 4) is 17.3 Å². The van der Waals surface area contributed by atoms with Crippen molar-refractivity contribution in [2.45, 2.75) is 20.3 Å². The SMILES string of the molecule is CCCN(CC)c1sc(C(=O)c2cc(-c3ccccc3)no2)c(N)c1C#N. The fourth-order valence-corrected chi connectivity index (χ4v) is 4.05. The molecule has 0 radical (unpaired) electrons. The first kappa shape index (κ1) is 18.7. The summed E-state index contributed by atoms with van der Waals surface area (Å²) in [5.74, 6) is -0.251. The van der Waals surface area contributed by atoms with E-state index in [4.69, 9.17) is 10.3 Å². The Morgan fingerprint density at radius 3 is 2.70 bits per heavy atom. The molecule has 0 aliphatic carbocycles. The first-order valence-corrected chi connectivity index (χ1v) is 9.56.